The number of carboxylic acids is 1. The Kier molecular flexibility index (Phi) is 7.62. The van der Waals surface area contributed by atoms with E-state index < -0.39 is 17.9 Å². The maximum absolute atomic E-state index is 10.6. The first kappa shape index (κ1) is 13.9. The zero-order chi connectivity index (χ0) is 11.7. The highest BCUT2D eigenvalue weighted by Crippen LogP contribution is 2.08. The fraction of sp³-hybridized carbons (Fsp3) is 0.800. The van der Waals surface area contributed by atoms with Crippen LogP contribution in [0.15, 0.2) is 0 Å². The van der Waals surface area contributed by atoms with E-state index >= 15 is 0 Å². The lowest BCUT2D eigenvalue weighted by atomic mass is 10.1. The number of carbonyl (C=O) groups is 2. The monoisotopic (exact) mass is 216 g/mol. The molecule has 1 amide bonds. The van der Waals surface area contributed by atoms with Gasteiger partial charge in [0.05, 0.1) is 6.04 Å². The van der Waals surface area contributed by atoms with Crippen LogP contribution in [0.5, 0.6) is 0 Å². The van der Waals surface area contributed by atoms with Crippen molar-refractivity contribution in [2.45, 2.75) is 51.0 Å². The lowest BCUT2D eigenvalue weighted by Gasteiger charge is -2.06. The molecule has 0 saturated carbocycles. The molecule has 0 saturated heterocycles. The van der Waals surface area contributed by atoms with Gasteiger partial charge in [-0.1, -0.05) is 25.7 Å². The van der Waals surface area contributed by atoms with Crippen LogP contribution in [0, 0.1) is 0 Å². The van der Waals surface area contributed by atoms with Crippen molar-refractivity contribution >= 4 is 11.9 Å². The number of rotatable bonds is 9. The van der Waals surface area contributed by atoms with Gasteiger partial charge in [-0.25, -0.2) is 0 Å². The predicted molar refractivity (Wildman–Crippen MR) is 57.1 cm³/mol. The van der Waals surface area contributed by atoms with E-state index in [-0.39, 0.29) is 6.42 Å². The quantitative estimate of drug-likeness (QED) is 0.491. The molecule has 0 fully saturated rings. The number of amides is 1. The molecule has 0 rings (SSSR count). The maximum Gasteiger partial charge on any atom is 0.303 e. The zero-order valence-electron chi connectivity index (χ0n) is 8.95. The Hall–Kier alpha value is -1.10. The summed E-state index contributed by atoms with van der Waals surface area (Å²) < 4.78 is 0. The average Bonchev–Trinajstić information content (AvgIpc) is 2.15. The Labute approximate surface area is 89.8 Å². The van der Waals surface area contributed by atoms with Gasteiger partial charge in [0, 0.05) is 6.42 Å². The van der Waals surface area contributed by atoms with Gasteiger partial charge in [0.1, 0.15) is 0 Å². The molecule has 88 valence electrons. The molecule has 0 bridgehead atoms. The molecule has 1 atom stereocenters. The predicted octanol–water partition coefficient (Wildman–Crippen LogP) is 0.614. The molecule has 0 spiro atoms. The molecule has 0 aromatic carbocycles. The van der Waals surface area contributed by atoms with Gasteiger partial charge >= 0.3 is 5.97 Å². The van der Waals surface area contributed by atoms with Crippen LogP contribution >= 0.6 is 0 Å². The third kappa shape index (κ3) is 9.21. The van der Waals surface area contributed by atoms with Crippen LogP contribution in [0.4, 0.5) is 0 Å². The average molecular weight is 216 g/mol. The summed E-state index contributed by atoms with van der Waals surface area (Å²) in [6, 6.07) is -0.538. The smallest absolute Gasteiger partial charge is 0.303 e. The van der Waals surface area contributed by atoms with Crippen LogP contribution in [0.3, 0.4) is 0 Å². The first-order chi connectivity index (χ1) is 7.04. The maximum atomic E-state index is 10.6. The van der Waals surface area contributed by atoms with E-state index in [4.69, 9.17) is 16.6 Å². The van der Waals surface area contributed by atoms with Crippen molar-refractivity contribution in [3.05, 3.63) is 0 Å². The highest BCUT2D eigenvalue weighted by atomic mass is 16.4. The number of hydrogen-bond acceptors (Lipinski definition) is 3. The van der Waals surface area contributed by atoms with Crippen molar-refractivity contribution in [2.24, 2.45) is 11.5 Å². The van der Waals surface area contributed by atoms with Gasteiger partial charge in [0.2, 0.25) is 5.91 Å². The second kappa shape index (κ2) is 8.23. The number of hydrogen-bond donors (Lipinski definition) is 3. The van der Waals surface area contributed by atoms with Gasteiger partial charge < -0.3 is 16.6 Å². The molecule has 0 aliphatic rings. The lowest BCUT2D eigenvalue weighted by molar-refractivity contribution is -0.137. The number of carboxylic acid groups (broad SMARTS) is 1. The molecular formula is C10H20N2O3. The Balaban J connectivity index is 3.18. The van der Waals surface area contributed by atoms with Crippen molar-refractivity contribution in [1.29, 1.82) is 0 Å². The minimum absolute atomic E-state index is 0.237. The number of nitrogens with two attached hydrogens (primary N) is 2. The highest BCUT2D eigenvalue weighted by Gasteiger charge is 2.07. The molecule has 5 heteroatoms. The van der Waals surface area contributed by atoms with E-state index in [1.54, 1.807) is 0 Å². The second-order valence-electron chi connectivity index (χ2n) is 3.71. The van der Waals surface area contributed by atoms with Crippen LogP contribution < -0.4 is 11.5 Å². The van der Waals surface area contributed by atoms with E-state index in [0.29, 0.717) is 6.42 Å². The van der Waals surface area contributed by atoms with Crippen LogP contribution in [0.1, 0.15) is 44.9 Å². The third-order valence-corrected chi connectivity index (χ3v) is 2.27. The van der Waals surface area contributed by atoms with Crippen molar-refractivity contribution in [3.8, 4) is 0 Å². The van der Waals surface area contributed by atoms with Gasteiger partial charge in [-0.3, -0.25) is 9.59 Å². The molecule has 0 aliphatic carbocycles. The van der Waals surface area contributed by atoms with Crippen molar-refractivity contribution in [3.63, 3.8) is 0 Å². The van der Waals surface area contributed by atoms with Crippen molar-refractivity contribution in [2.75, 3.05) is 0 Å². The van der Waals surface area contributed by atoms with Gasteiger partial charge in [0.15, 0.2) is 0 Å². The summed E-state index contributed by atoms with van der Waals surface area (Å²) in [7, 11) is 0. The Bertz CT molecular complexity index is 207. The number of primary amides is 1. The standard InChI is InChI=1S/C10H20N2O3/c11-8(10(12)15)6-4-2-1-3-5-7-9(13)14/h8H,1-7,11H2,(H2,12,15)(H,13,14). The minimum Gasteiger partial charge on any atom is -0.481 e. The van der Waals surface area contributed by atoms with Gasteiger partial charge in [-0.15, -0.1) is 0 Å². The van der Waals surface area contributed by atoms with Crippen LogP contribution in [-0.4, -0.2) is 23.0 Å². The topological polar surface area (TPSA) is 106 Å². The van der Waals surface area contributed by atoms with Crippen LogP contribution in [0.2, 0.25) is 0 Å². The minimum atomic E-state index is -0.745. The SMILES string of the molecule is NC(=O)C(N)CCCCCCCC(=O)O. The summed E-state index contributed by atoms with van der Waals surface area (Å²) in [5.41, 5.74) is 10.4. The Morgan fingerprint density at radius 1 is 1.07 bits per heavy atom. The van der Waals surface area contributed by atoms with E-state index in [0.717, 1.165) is 32.1 Å². The van der Waals surface area contributed by atoms with Crippen molar-refractivity contribution < 1.29 is 14.7 Å². The van der Waals surface area contributed by atoms with Crippen LogP contribution in [0.25, 0.3) is 0 Å². The summed E-state index contributed by atoms with van der Waals surface area (Å²) in [5, 5.41) is 8.38. The highest BCUT2D eigenvalue weighted by molar-refractivity contribution is 5.79. The Morgan fingerprint density at radius 3 is 2.13 bits per heavy atom. The first-order valence-corrected chi connectivity index (χ1v) is 5.30. The van der Waals surface area contributed by atoms with E-state index in [1.807, 2.05) is 0 Å². The number of carbonyl (C=O) groups excluding carboxylic acids is 1. The molecular weight excluding hydrogens is 196 g/mol. The molecule has 0 radical (unpaired) electrons. The summed E-state index contributed by atoms with van der Waals surface area (Å²) in [5.74, 6) is -1.20. The Morgan fingerprint density at radius 2 is 1.60 bits per heavy atom. The molecule has 0 aromatic heterocycles. The molecule has 0 aromatic rings. The summed E-state index contributed by atoms with van der Waals surface area (Å²) in [6.45, 7) is 0. The molecule has 15 heavy (non-hydrogen) atoms. The molecule has 0 aliphatic heterocycles. The fourth-order valence-electron chi connectivity index (χ4n) is 1.31. The summed E-state index contributed by atoms with van der Waals surface area (Å²) >= 11 is 0. The fourth-order valence-corrected chi connectivity index (χ4v) is 1.31. The van der Waals surface area contributed by atoms with Gasteiger partial charge in [-0.05, 0) is 12.8 Å². The number of unbranched alkanes of at least 4 members (excludes halogenated alkanes) is 4. The van der Waals surface area contributed by atoms with E-state index in [1.165, 1.54) is 0 Å². The molecule has 1 unspecified atom stereocenters. The second-order valence-corrected chi connectivity index (χ2v) is 3.71. The molecule has 0 heterocycles. The summed E-state index contributed by atoms with van der Waals surface area (Å²) in [6.07, 6.45) is 5.32. The molecule has 5 N–H and O–H groups in total. The first-order valence-electron chi connectivity index (χ1n) is 5.30. The van der Waals surface area contributed by atoms with Gasteiger partial charge in [-0.2, -0.15) is 0 Å². The van der Waals surface area contributed by atoms with E-state index in [9.17, 15) is 9.59 Å². The normalized spacial score (nSPS) is 12.3. The van der Waals surface area contributed by atoms with Gasteiger partial charge in [0.25, 0.3) is 0 Å². The summed E-state index contributed by atoms with van der Waals surface area (Å²) in [4.78, 5) is 20.8. The molecule has 5 nitrogen and oxygen atoms in total. The number of aliphatic carboxylic acids is 1. The van der Waals surface area contributed by atoms with Crippen LogP contribution in [-0.2, 0) is 9.59 Å². The zero-order valence-corrected chi connectivity index (χ0v) is 8.95. The largest absolute Gasteiger partial charge is 0.481 e. The third-order valence-electron chi connectivity index (χ3n) is 2.27. The van der Waals surface area contributed by atoms with Crippen molar-refractivity contribution in [1.82, 2.24) is 0 Å². The lowest BCUT2D eigenvalue weighted by Crippen LogP contribution is -2.36. The van der Waals surface area contributed by atoms with E-state index in [2.05, 4.69) is 0 Å².